The normalized spacial score (nSPS) is 20.5. The summed E-state index contributed by atoms with van der Waals surface area (Å²) in [4.78, 5) is 27.8. The monoisotopic (exact) mass is 337 g/mol. The van der Waals surface area contributed by atoms with Gasteiger partial charge in [0, 0.05) is 13.1 Å². The molecule has 2 heterocycles. The van der Waals surface area contributed by atoms with Crippen LogP contribution in [0.4, 0.5) is 0 Å². The van der Waals surface area contributed by atoms with Crippen LogP contribution < -0.4 is 11.2 Å². The predicted molar refractivity (Wildman–Crippen MR) is 87.0 cm³/mol. The maximum Gasteiger partial charge on any atom is 0.326 e. The highest BCUT2D eigenvalue weighted by atomic mass is 32.2. The van der Waals surface area contributed by atoms with Gasteiger partial charge in [-0.3, -0.25) is 9.78 Å². The Morgan fingerprint density at radius 2 is 1.91 bits per heavy atom. The molecule has 0 aliphatic carbocycles. The molecule has 7 nitrogen and oxygen atoms in total. The number of nitrogens with one attached hydrogen (secondary N) is 2. The second-order valence-corrected chi connectivity index (χ2v) is 7.99. The summed E-state index contributed by atoms with van der Waals surface area (Å²) in [5, 5.41) is 0.161. The number of hydrogen-bond donors (Lipinski definition) is 2. The van der Waals surface area contributed by atoms with Crippen LogP contribution in [0.3, 0.4) is 0 Å². The van der Waals surface area contributed by atoms with Crippen molar-refractivity contribution in [2.24, 2.45) is 5.92 Å². The first kappa shape index (κ1) is 15.9. The first-order valence-corrected chi connectivity index (χ1v) is 9.08. The average molecular weight is 337 g/mol. The molecule has 1 aromatic carbocycles. The van der Waals surface area contributed by atoms with Crippen molar-refractivity contribution in [3.8, 4) is 0 Å². The van der Waals surface area contributed by atoms with Crippen molar-refractivity contribution in [1.29, 1.82) is 0 Å². The van der Waals surface area contributed by atoms with E-state index in [1.54, 1.807) is 0 Å². The van der Waals surface area contributed by atoms with Gasteiger partial charge >= 0.3 is 5.69 Å². The highest BCUT2D eigenvalue weighted by Crippen LogP contribution is 2.24. The molecule has 0 saturated carbocycles. The molecule has 1 aromatic heterocycles. The number of aromatic amines is 2. The average Bonchev–Trinajstić information content (AvgIpc) is 2.72. The number of H-pyrrole nitrogens is 2. The zero-order valence-corrected chi connectivity index (χ0v) is 13.6. The zero-order valence-electron chi connectivity index (χ0n) is 12.8. The Labute approximate surface area is 133 Å². The van der Waals surface area contributed by atoms with Crippen molar-refractivity contribution in [1.82, 2.24) is 14.3 Å². The fraction of sp³-hybridized carbons (Fsp3) is 0.467. The molecule has 2 N–H and O–H groups in total. The highest BCUT2D eigenvalue weighted by molar-refractivity contribution is 7.89. The van der Waals surface area contributed by atoms with Crippen LogP contribution in [0.15, 0.2) is 32.7 Å². The SMILES string of the molecule is CC1CCCN(S(=O)(=O)c2ccc3[nH]c(=O)[nH]c(=O)c3c2)CC1. The van der Waals surface area contributed by atoms with Crippen LogP contribution in [0.25, 0.3) is 10.9 Å². The third-order valence-electron chi connectivity index (χ3n) is 4.32. The third kappa shape index (κ3) is 3.09. The van der Waals surface area contributed by atoms with E-state index in [0.717, 1.165) is 19.3 Å². The van der Waals surface area contributed by atoms with E-state index in [0.29, 0.717) is 24.5 Å². The summed E-state index contributed by atoms with van der Waals surface area (Å²) in [6, 6.07) is 4.22. The largest absolute Gasteiger partial charge is 0.326 e. The van der Waals surface area contributed by atoms with Gasteiger partial charge in [-0.25, -0.2) is 13.2 Å². The van der Waals surface area contributed by atoms with E-state index in [2.05, 4.69) is 16.9 Å². The molecule has 0 radical (unpaired) electrons. The quantitative estimate of drug-likeness (QED) is 0.854. The smallest absolute Gasteiger partial charge is 0.307 e. The molecular weight excluding hydrogens is 318 g/mol. The number of aromatic nitrogens is 2. The second kappa shape index (κ2) is 5.93. The van der Waals surface area contributed by atoms with Crippen molar-refractivity contribution in [3.05, 3.63) is 39.0 Å². The van der Waals surface area contributed by atoms with Crippen molar-refractivity contribution in [2.45, 2.75) is 31.1 Å². The highest BCUT2D eigenvalue weighted by Gasteiger charge is 2.27. The Balaban J connectivity index is 2.04. The van der Waals surface area contributed by atoms with Crippen molar-refractivity contribution in [3.63, 3.8) is 0 Å². The lowest BCUT2D eigenvalue weighted by atomic mass is 10.0. The molecule has 0 amide bonds. The van der Waals surface area contributed by atoms with Gasteiger partial charge in [0.15, 0.2) is 0 Å². The van der Waals surface area contributed by atoms with Crippen LogP contribution in [0.1, 0.15) is 26.2 Å². The van der Waals surface area contributed by atoms with E-state index in [1.165, 1.54) is 22.5 Å². The van der Waals surface area contributed by atoms with Crippen molar-refractivity contribution >= 4 is 20.9 Å². The summed E-state index contributed by atoms with van der Waals surface area (Å²) in [6.45, 7) is 3.11. The molecule has 1 aliphatic rings. The molecule has 124 valence electrons. The summed E-state index contributed by atoms with van der Waals surface area (Å²) in [5.41, 5.74) is -0.882. The number of rotatable bonds is 2. The van der Waals surface area contributed by atoms with Crippen LogP contribution in [-0.4, -0.2) is 35.8 Å². The van der Waals surface area contributed by atoms with Crippen LogP contribution >= 0.6 is 0 Å². The van der Waals surface area contributed by atoms with Crippen LogP contribution in [0, 0.1) is 5.92 Å². The predicted octanol–water partition coefficient (Wildman–Crippen LogP) is 1.03. The first-order chi connectivity index (χ1) is 10.9. The van der Waals surface area contributed by atoms with Gasteiger partial charge in [0.2, 0.25) is 10.0 Å². The molecule has 2 aromatic rings. The number of nitrogens with zero attached hydrogens (tertiary/aromatic N) is 1. The van der Waals surface area contributed by atoms with E-state index in [4.69, 9.17) is 0 Å². The minimum Gasteiger partial charge on any atom is -0.307 e. The van der Waals surface area contributed by atoms with Gasteiger partial charge in [-0.1, -0.05) is 6.92 Å². The van der Waals surface area contributed by atoms with Gasteiger partial charge in [0.1, 0.15) is 0 Å². The van der Waals surface area contributed by atoms with Crippen LogP contribution in [-0.2, 0) is 10.0 Å². The number of fused-ring (bicyclic) bond motifs is 1. The lowest BCUT2D eigenvalue weighted by molar-refractivity contribution is 0.417. The molecule has 1 saturated heterocycles. The van der Waals surface area contributed by atoms with Crippen LogP contribution in [0.5, 0.6) is 0 Å². The molecule has 0 spiro atoms. The van der Waals surface area contributed by atoms with Crippen molar-refractivity contribution in [2.75, 3.05) is 13.1 Å². The lowest BCUT2D eigenvalue weighted by Gasteiger charge is -2.20. The summed E-state index contributed by atoms with van der Waals surface area (Å²) in [6.07, 6.45) is 2.69. The summed E-state index contributed by atoms with van der Waals surface area (Å²) >= 11 is 0. The topological polar surface area (TPSA) is 103 Å². The lowest BCUT2D eigenvalue weighted by Crippen LogP contribution is -2.32. The molecule has 1 fully saturated rings. The maximum absolute atomic E-state index is 12.8. The number of sulfonamides is 1. The van der Waals surface area contributed by atoms with Gasteiger partial charge in [-0.2, -0.15) is 4.31 Å². The van der Waals surface area contributed by atoms with Gasteiger partial charge in [0.05, 0.1) is 15.8 Å². The number of benzene rings is 1. The van der Waals surface area contributed by atoms with Gasteiger partial charge in [0.25, 0.3) is 5.56 Å². The molecule has 8 heteroatoms. The van der Waals surface area contributed by atoms with Crippen molar-refractivity contribution < 1.29 is 8.42 Å². The van der Waals surface area contributed by atoms with E-state index < -0.39 is 21.3 Å². The van der Waals surface area contributed by atoms with E-state index in [9.17, 15) is 18.0 Å². The van der Waals surface area contributed by atoms with E-state index >= 15 is 0 Å². The summed E-state index contributed by atoms with van der Waals surface area (Å²) < 4.78 is 27.1. The fourth-order valence-electron chi connectivity index (χ4n) is 2.93. The Hall–Kier alpha value is -1.93. The van der Waals surface area contributed by atoms with Crippen LogP contribution in [0.2, 0.25) is 0 Å². The Morgan fingerprint density at radius 3 is 2.70 bits per heavy atom. The standard InChI is InChI=1S/C15H19N3O4S/c1-10-3-2-7-18(8-6-10)23(21,22)11-4-5-13-12(9-11)14(19)17-15(20)16-13/h4-5,9-10H,2-3,6-8H2,1H3,(H2,16,17,19,20). The van der Waals surface area contributed by atoms with Gasteiger partial charge in [-0.15, -0.1) is 0 Å². The molecule has 1 unspecified atom stereocenters. The first-order valence-electron chi connectivity index (χ1n) is 7.64. The second-order valence-electron chi connectivity index (χ2n) is 6.06. The van der Waals surface area contributed by atoms with Gasteiger partial charge < -0.3 is 4.98 Å². The zero-order chi connectivity index (χ0) is 16.6. The molecule has 0 bridgehead atoms. The molecule has 23 heavy (non-hydrogen) atoms. The minimum absolute atomic E-state index is 0.0807. The minimum atomic E-state index is -3.64. The Bertz CT molecular complexity index is 945. The summed E-state index contributed by atoms with van der Waals surface area (Å²) in [7, 11) is -3.64. The van der Waals surface area contributed by atoms with E-state index in [-0.39, 0.29) is 10.3 Å². The third-order valence-corrected chi connectivity index (χ3v) is 6.22. The Kier molecular flexibility index (Phi) is 4.11. The summed E-state index contributed by atoms with van der Waals surface area (Å²) in [5.74, 6) is 0.514. The number of hydrogen-bond acceptors (Lipinski definition) is 4. The molecule has 3 rings (SSSR count). The molecular formula is C15H19N3O4S. The maximum atomic E-state index is 12.8. The van der Waals surface area contributed by atoms with E-state index in [1.807, 2.05) is 0 Å². The van der Waals surface area contributed by atoms with Gasteiger partial charge in [-0.05, 0) is 43.4 Å². The fourth-order valence-corrected chi connectivity index (χ4v) is 4.45. The Morgan fingerprint density at radius 1 is 1.13 bits per heavy atom. The molecule has 1 aliphatic heterocycles. The molecule has 1 atom stereocenters.